The highest BCUT2D eigenvalue weighted by atomic mass is 16.8. The first-order valence-corrected chi connectivity index (χ1v) is 24.3. The first-order chi connectivity index (χ1) is 35.2. The first-order valence-electron chi connectivity index (χ1n) is 24.3. The molecule has 9 aromatic carbocycles. The Bertz CT molecular complexity index is 2600. The molecule has 0 unspecified atom stereocenters. The molecule has 358 valence electrons. The van der Waals surface area contributed by atoms with Gasteiger partial charge in [0.1, 0.15) is 46.8 Å². The average Bonchev–Trinajstić information content (AvgIpc) is 4.14. The minimum Gasteiger partial charge on any atom is -0.378 e. The second-order valence-electron chi connectivity index (χ2n) is 18.5. The van der Waals surface area contributed by atoms with Crippen LogP contribution >= 0.6 is 0 Å². The maximum Gasteiger partial charge on any atom is 0.185 e. The fourth-order valence-electron chi connectivity index (χ4n) is 10.9. The zero-order valence-corrected chi connectivity index (χ0v) is 39.3. The summed E-state index contributed by atoms with van der Waals surface area (Å²) in [5, 5.41) is 54.7. The number of aliphatic hydroxyl groups is 4. The third-order valence-electron chi connectivity index (χ3n) is 14.5. The molecule has 0 radical (unpaired) electrons. The highest BCUT2D eigenvalue weighted by Gasteiger charge is 2.62. The van der Waals surface area contributed by atoms with Gasteiger partial charge >= 0.3 is 0 Å². The van der Waals surface area contributed by atoms with Crippen LogP contribution in [0, 0.1) is 0 Å². The first kappa shape index (κ1) is 47.0. The van der Waals surface area contributed by atoms with Gasteiger partial charge in [-0.25, -0.2) is 0 Å². The second-order valence-corrected chi connectivity index (χ2v) is 18.5. The van der Waals surface area contributed by atoms with Crippen LogP contribution in [0.1, 0.15) is 68.2 Å². The maximum absolute atomic E-state index is 13.7. The van der Waals surface area contributed by atoms with E-state index in [9.17, 15) is 20.4 Å². The lowest BCUT2D eigenvalue weighted by Gasteiger charge is -2.42. The van der Waals surface area contributed by atoms with Gasteiger partial charge in [0.05, 0.1) is 0 Å². The average molecular weight is 951 g/mol. The summed E-state index contributed by atoms with van der Waals surface area (Å²) in [6.45, 7) is 0. The fraction of sp³-hybridized carbons (Fsp3) is 0.156. The summed E-state index contributed by atoms with van der Waals surface area (Å²) < 4.78 is 29.0. The molecule has 0 aromatic heterocycles. The summed E-state index contributed by atoms with van der Waals surface area (Å²) in [7, 11) is 0. The van der Waals surface area contributed by atoms with Gasteiger partial charge in [-0.1, -0.05) is 267 Å². The van der Waals surface area contributed by atoms with E-state index >= 15 is 0 Å². The van der Waals surface area contributed by atoms with E-state index in [1.807, 2.05) is 267 Å². The van der Waals surface area contributed by atoms with Crippen LogP contribution in [0.5, 0.6) is 0 Å². The van der Waals surface area contributed by atoms with E-state index in [4.69, 9.17) is 18.9 Å². The molecule has 0 aliphatic carbocycles. The molecule has 2 heterocycles. The largest absolute Gasteiger partial charge is 0.378 e. The fourth-order valence-corrected chi connectivity index (χ4v) is 10.9. The van der Waals surface area contributed by atoms with Gasteiger partial charge in [-0.15, -0.1) is 0 Å². The Morgan fingerprint density at radius 1 is 0.208 bits per heavy atom. The molecule has 0 amide bonds. The number of ether oxygens (including phenoxy) is 4. The zero-order chi connectivity index (χ0) is 49.2. The Morgan fingerprint density at radius 2 is 0.347 bits per heavy atom. The molecule has 9 aromatic rings. The van der Waals surface area contributed by atoms with Gasteiger partial charge in [-0.3, -0.25) is 0 Å². The molecule has 2 fully saturated rings. The highest BCUT2D eigenvalue weighted by Crippen LogP contribution is 2.55. The van der Waals surface area contributed by atoms with Gasteiger partial charge in [-0.2, -0.15) is 0 Å². The molecule has 0 spiro atoms. The van der Waals surface area contributed by atoms with Crippen molar-refractivity contribution in [1.29, 1.82) is 0 Å². The third kappa shape index (κ3) is 8.08. The Labute approximate surface area is 419 Å². The Hall–Kier alpha value is -7.34. The molecule has 11 rings (SSSR count). The van der Waals surface area contributed by atoms with Gasteiger partial charge < -0.3 is 39.4 Å². The van der Waals surface area contributed by atoms with E-state index in [1.165, 1.54) is 0 Å². The summed E-state index contributed by atoms with van der Waals surface area (Å²) in [6.07, 6.45) is -7.55. The lowest BCUT2D eigenvalue weighted by molar-refractivity contribution is -0.123. The quantitative estimate of drug-likeness (QED) is 0.0851. The summed E-state index contributed by atoms with van der Waals surface area (Å²) in [5.41, 5.74) is -2.38. The molecular weight excluding hydrogens is 897 g/mol. The standard InChI is InChI=1S/C64H54O8/c65-61(45-27-9-1-10-28-45,46-29-11-2-12-30-46)55-56(62(66,47-31-13-3-14-32-47)48-33-15-4-16-34-48)70-59(69-55)53-43-25-26-44-54(53)60-71-57(63(67,49-35-17-5-18-36-49)50-37-19-6-20-38-50)58(72-60)64(68,51-39-21-7-22-40-51)52-41-23-8-24-42-52/h1-44,55-60,65-68H/t55-,56-,57-,58-/m1/s1. The molecule has 4 atom stereocenters. The van der Waals surface area contributed by atoms with Crippen LogP contribution in [-0.4, -0.2) is 44.8 Å². The summed E-state index contributed by atoms with van der Waals surface area (Å²) in [4.78, 5) is 0. The van der Waals surface area contributed by atoms with Gasteiger partial charge in [0.15, 0.2) is 12.6 Å². The summed E-state index contributed by atoms with van der Waals surface area (Å²) in [5.74, 6) is 0. The predicted molar refractivity (Wildman–Crippen MR) is 275 cm³/mol. The lowest BCUT2D eigenvalue weighted by Crippen LogP contribution is -2.54. The van der Waals surface area contributed by atoms with Gasteiger partial charge in [0.2, 0.25) is 0 Å². The van der Waals surface area contributed by atoms with E-state index in [0.717, 1.165) is 0 Å². The number of rotatable bonds is 14. The van der Waals surface area contributed by atoms with E-state index < -0.39 is 59.4 Å². The third-order valence-corrected chi connectivity index (χ3v) is 14.5. The molecule has 8 nitrogen and oxygen atoms in total. The number of hydrogen-bond acceptors (Lipinski definition) is 8. The SMILES string of the molecule is OC(c1ccccc1)(c1ccccc1)[C@@H]1OC(c2ccccc2C2O[C@@H](C(O)(c3ccccc3)c3ccccc3)[C@H](C(O)(c3ccccc3)c3ccccc3)O2)O[C@H]1C(O)(c1ccccc1)c1ccccc1. The molecule has 0 bridgehead atoms. The van der Waals surface area contributed by atoms with Crippen LogP contribution in [0.4, 0.5) is 0 Å². The van der Waals surface area contributed by atoms with Crippen LogP contribution < -0.4 is 0 Å². The molecule has 2 aliphatic heterocycles. The molecular formula is C64H54O8. The van der Waals surface area contributed by atoms with Crippen LogP contribution in [0.2, 0.25) is 0 Å². The van der Waals surface area contributed by atoms with Crippen molar-refractivity contribution < 1.29 is 39.4 Å². The lowest BCUT2D eigenvalue weighted by atomic mass is 9.72. The van der Waals surface area contributed by atoms with Gasteiger partial charge in [0, 0.05) is 11.1 Å². The van der Waals surface area contributed by atoms with Crippen molar-refractivity contribution in [2.45, 2.75) is 59.4 Å². The Kier molecular flexibility index (Phi) is 12.9. The van der Waals surface area contributed by atoms with E-state index in [-0.39, 0.29) is 0 Å². The van der Waals surface area contributed by atoms with Gasteiger partial charge in [0.25, 0.3) is 0 Å². The Morgan fingerprint density at radius 3 is 0.500 bits per heavy atom. The molecule has 4 N–H and O–H groups in total. The summed E-state index contributed by atoms with van der Waals surface area (Å²) in [6, 6.07) is 81.9. The van der Waals surface area contributed by atoms with Crippen LogP contribution in [0.3, 0.4) is 0 Å². The van der Waals surface area contributed by atoms with E-state index in [0.29, 0.717) is 55.6 Å². The zero-order valence-electron chi connectivity index (χ0n) is 39.3. The molecule has 0 saturated carbocycles. The maximum atomic E-state index is 13.7. The normalized spacial score (nSPS) is 19.1. The van der Waals surface area contributed by atoms with Crippen molar-refractivity contribution in [2.75, 3.05) is 0 Å². The highest BCUT2D eigenvalue weighted by molar-refractivity contribution is 5.47. The van der Waals surface area contributed by atoms with Crippen molar-refractivity contribution in [2.24, 2.45) is 0 Å². The topological polar surface area (TPSA) is 118 Å². The van der Waals surface area contributed by atoms with E-state index in [2.05, 4.69) is 0 Å². The van der Waals surface area contributed by atoms with Crippen molar-refractivity contribution in [3.05, 3.63) is 323 Å². The molecule has 2 aliphatic rings. The molecule has 72 heavy (non-hydrogen) atoms. The monoisotopic (exact) mass is 950 g/mol. The second kappa shape index (κ2) is 19.7. The van der Waals surface area contributed by atoms with E-state index in [1.54, 1.807) is 0 Å². The van der Waals surface area contributed by atoms with Crippen LogP contribution in [-0.2, 0) is 41.4 Å². The van der Waals surface area contributed by atoms with Crippen molar-refractivity contribution in [3.8, 4) is 0 Å². The molecule has 2 saturated heterocycles. The minimum absolute atomic E-state index is 0.479. The van der Waals surface area contributed by atoms with Crippen LogP contribution in [0.25, 0.3) is 0 Å². The van der Waals surface area contributed by atoms with Crippen molar-refractivity contribution in [3.63, 3.8) is 0 Å². The number of hydrogen-bond donors (Lipinski definition) is 4. The number of benzene rings is 9. The Balaban J connectivity index is 1.10. The molecule has 8 heteroatoms. The minimum atomic E-state index is -1.89. The van der Waals surface area contributed by atoms with Gasteiger partial charge in [-0.05, 0) is 44.5 Å². The smallest absolute Gasteiger partial charge is 0.185 e. The summed E-state index contributed by atoms with van der Waals surface area (Å²) >= 11 is 0. The van der Waals surface area contributed by atoms with Crippen molar-refractivity contribution >= 4 is 0 Å². The van der Waals surface area contributed by atoms with Crippen LogP contribution in [0.15, 0.2) is 267 Å². The predicted octanol–water partition coefficient (Wildman–Crippen LogP) is 11.0. The van der Waals surface area contributed by atoms with Crippen molar-refractivity contribution in [1.82, 2.24) is 0 Å².